The van der Waals surface area contributed by atoms with Gasteiger partial charge in [0.15, 0.2) is 0 Å². The summed E-state index contributed by atoms with van der Waals surface area (Å²) in [5.74, 6) is -0.266. The zero-order valence-corrected chi connectivity index (χ0v) is 11.8. The number of aromatic nitrogens is 1. The number of hydrogen-bond acceptors (Lipinski definition) is 5. The number of carbonyl (C=O) groups is 1. The third kappa shape index (κ3) is 3.15. The first-order chi connectivity index (χ1) is 8.99. The number of nitrogens with zero attached hydrogens (tertiary/aromatic N) is 2. The van der Waals surface area contributed by atoms with Crippen LogP contribution in [0.2, 0.25) is 5.15 Å². The first-order valence-corrected chi connectivity index (χ1v) is 6.12. The van der Waals surface area contributed by atoms with Crippen molar-refractivity contribution in [3.8, 4) is 11.9 Å². The van der Waals surface area contributed by atoms with E-state index in [0.29, 0.717) is 5.56 Å². The van der Waals surface area contributed by atoms with E-state index in [4.69, 9.17) is 26.3 Å². The Balaban J connectivity index is 3.34. The summed E-state index contributed by atoms with van der Waals surface area (Å²) >= 11 is 5.79. The summed E-state index contributed by atoms with van der Waals surface area (Å²) in [7, 11) is 1.43. The number of rotatable bonds is 5. The van der Waals surface area contributed by atoms with Crippen molar-refractivity contribution in [2.45, 2.75) is 25.7 Å². The number of ether oxygens (including phenoxy) is 2. The van der Waals surface area contributed by atoms with E-state index < -0.39 is 11.4 Å². The van der Waals surface area contributed by atoms with Crippen LogP contribution in [0.4, 0.5) is 0 Å². The highest BCUT2D eigenvalue weighted by molar-refractivity contribution is 6.29. The molecule has 6 heteroatoms. The predicted octanol–water partition coefficient (Wildman–Crippen LogP) is 2.48. The lowest BCUT2D eigenvalue weighted by Gasteiger charge is -2.26. The maximum absolute atomic E-state index is 12.1. The summed E-state index contributed by atoms with van der Waals surface area (Å²) < 4.78 is 10.2. The SMILES string of the molecule is CCOC(=O)C(C)(CC#N)c1ccc(Cl)nc1OC. The van der Waals surface area contributed by atoms with Crippen molar-refractivity contribution in [3.63, 3.8) is 0 Å². The fourth-order valence-corrected chi connectivity index (χ4v) is 1.86. The Morgan fingerprint density at radius 1 is 1.58 bits per heavy atom. The average molecular weight is 283 g/mol. The first kappa shape index (κ1) is 15.3. The van der Waals surface area contributed by atoms with Gasteiger partial charge < -0.3 is 9.47 Å². The van der Waals surface area contributed by atoms with E-state index in [2.05, 4.69) is 4.98 Å². The molecule has 1 atom stereocenters. The van der Waals surface area contributed by atoms with Gasteiger partial charge in [-0.15, -0.1) is 0 Å². The zero-order valence-electron chi connectivity index (χ0n) is 11.1. The second-order valence-corrected chi connectivity index (χ2v) is 4.47. The molecule has 0 fully saturated rings. The lowest BCUT2D eigenvalue weighted by Crippen LogP contribution is -2.34. The molecule has 0 radical (unpaired) electrons. The number of halogens is 1. The second kappa shape index (κ2) is 6.39. The van der Waals surface area contributed by atoms with Gasteiger partial charge in [0.25, 0.3) is 0 Å². The van der Waals surface area contributed by atoms with Crippen molar-refractivity contribution in [1.82, 2.24) is 4.98 Å². The second-order valence-electron chi connectivity index (χ2n) is 4.08. The van der Waals surface area contributed by atoms with Crippen molar-refractivity contribution in [3.05, 3.63) is 22.8 Å². The minimum absolute atomic E-state index is 0.0362. The Kier molecular flexibility index (Phi) is 5.13. The molecule has 1 heterocycles. The molecule has 1 rings (SSSR count). The van der Waals surface area contributed by atoms with Gasteiger partial charge in [0.2, 0.25) is 5.88 Å². The van der Waals surface area contributed by atoms with Gasteiger partial charge in [-0.05, 0) is 26.0 Å². The molecule has 19 heavy (non-hydrogen) atoms. The molecule has 5 nitrogen and oxygen atoms in total. The topological polar surface area (TPSA) is 72.2 Å². The van der Waals surface area contributed by atoms with Crippen molar-refractivity contribution in [2.75, 3.05) is 13.7 Å². The average Bonchev–Trinajstić information content (AvgIpc) is 2.38. The van der Waals surface area contributed by atoms with Gasteiger partial charge in [-0.25, -0.2) is 4.98 Å². The number of nitriles is 1. The summed E-state index contributed by atoms with van der Waals surface area (Å²) in [6, 6.07) is 5.17. The number of pyridine rings is 1. The van der Waals surface area contributed by atoms with Gasteiger partial charge in [0.1, 0.15) is 10.6 Å². The summed E-state index contributed by atoms with van der Waals surface area (Å²) in [4.78, 5) is 16.1. The van der Waals surface area contributed by atoms with Gasteiger partial charge in [0, 0.05) is 5.56 Å². The summed E-state index contributed by atoms with van der Waals surface area (Å²) in [6.07, 6.45) is -0.0362. The van der Waals surface area contributed by atoms with Gasteiger partial charge in [-0.2, -0.15) is 5.26 Å². The van der Waals surface area contributed by atoms with Crippen LogP contribution in [0.1, 0.15) is 25.8 Å². The molecule has 102 valence electrons. The number of carbonyl (C=O) groups excluding carboxylic acids is 1. The van der Waals surface area contributed by atoms with Crippen molar-refractivity contribution < 1.29 is 14.3 Å². The van der Waals surface area contributed by atoms with Crippen LogP contribution in [0, 0.1) is 11.3 Å². The molecule has 0 N–H and O–H groups in total. The molecular formula is C13H15ClN2O3. The van der Waals surface area contributed by atoms with E-state index >= 15 is 0 Å². The normalized spacial score (nSPS) is 13.2. The molecule has 0 aliphatic heterocycles. The van der Waals surface area contributed by atoms with Gasteiger partial charge in [0.05, 0.1) is 26.2 Å². The summed E-state index contributed by atoms with van der Waals surface area (Å²) in [6.45, 7) is 3.58. The Morgan fingerprint density at radius 2 is 2.26 bits per heavy atom. The standard InChI is InChI=1S/C13H15ClN2O3/c1-4-19-12(17)13(2,7-8-15)9-5-6-10(14)16-11(9)18-3/h5-6H,4,7H2,1-3H3. The minimum Gasteiger partial charge on any atom is -0.481 e. The maximum atomic E-state index is 12.1. The molecule has 0 bridgehead atoms. The van der Waals surface area contributed by atoms with Crippen LogP contribution in [-0.4, -0.2) is 24.7 Å². The third-order valence-electron chi connectivity index (χ3n) is 2.77. The van der Waals surface area contributed by atoms with Crippen LogP contribution in [0.5, 0.6) is 5.88 Å². The lowest BCUT2D eigenvalue weighted by atomic mass is 9.80. The van der Waals surface area contributed by atoms with Crippen molar-refractivity contribution in [2.24, 2.45) is 0 Å². The van der Waals surface area contributed by atoms with Crippen LogP contribution in [0.25, 0.3) is 0 Å². The molecule has 1 unspecified atom stereocenters. The first-order valence-electron chi connectivity index (χ1n) is 5.74. The molecule has 0 saturated carbocycles. The monoisotopic (exact) mass is 282 g/mol. The number of methoxy groups -OCH3 is 1. The molecule has 1 aromatic heterocycles. The Labute approximate surface area is 117 Å². The molecule has 0 aliphatic rings. The van der Waals surface area contributed by atoms with Crippen LogP contribution >= 0.6 is 11.6 Å². The highest BCUT2D eigenvalue weighted by atomic mass is 35.5. The minimum atomic E-state index is -1.13. The largest absolute Gasteiger partial charge is 0.481 e. The van der Waals surface area contributed by atoms with E-state index in [1.807, 2.05) is 6.07 Å². The van der Waals surface area contributed by atoms with E-state index in [1.165, 1.54) is 7.11 Å². The smallest absolute Gasteiger partial charge is 0.317 e. The molecule has 1 aromatic rings. The summed E-state index contributed by atoms with van der Waals surface area (Å²) in [5, 5.41) is 9.21. The maximum Gasteiger partial charge on any atom is 0.317 e. The zero-order chi connectivity index (χ0) is 14.5. The van der Waals surface area contributed by atoms with E-state index in [-0.39, 0.29) is 24.1 Å². The Morgan fingerprint density at radius 3 is 2.79 bits per heavy atom. The quantitative estimate of drug-likeness (QED) is 0.613. The Bertz CT molecular complexity index is 513. The fourth-order valence-electron chi connectivity index (χ4n) is 1.72. The molecular weight excluding hydrogens is 268 g/mol. The number of esters is 1. The summed E-state index contributed by atoms with van der Waals surface area (Å²) in [5.41, 5.74) is -0.646. The van der Waals surface area contributed by atoms with E-state index in [1.54, 1.807) is 26.0 Å². The highest BCUT2D eigenvalue weighted by Crippen LogP contribution is 2.35. The molecule has 0 aliphatic carbocycles. The third-order valence-corrected chi connectivity index (χ3v) is 2.98. The molecule has 0 saturated heterocycles. The molecule has 0 aromatic carbocycles. The molecule has 0 amide bonds. The molecule has 0 spiro atoms. The van der Waals surface area contributed by atoms with Crippen LogP contribution in [-0.2, 0) is 14.9 Å². The van der Waals surface area contributed by atoms with Crippen LogP contribution in [0.3, 0.4) is 0 Å². The van der Waals surface area contributed by atoms with Gasteiger partial charge >= 0.3 is 5.97 Å². The van der Waals surface area contributed by atoms with Crippen molar-refractivity contribution >= 4 is 17.6 Å². The van der Waals surface area contributed by atoms with Gasteiger partial charge in [-0.1, -0.05) is 11.6 Å². The lowest BCUT2D eigenvalue weighted by molar-refractivity contribution is -0.149. The van der Waals surface area contributed by atoms with Gasteiger partial charge in [-0.3, -0.25) is 4.79 Å². The van der Waals surface area contributed by atoms with E-state index in [0.717, 1.165) is 0 Å². The highest BCUT2D eigenvalue weighted by Gasteiger charge is 2.39. The predicted molar refractivity (Wildman–Crippen MR) is 70.0 cm³/mol. The van der Waals surface area contributed by atoms with Crippen molar-refractivity contribution in [1.29, 1.82) is 5.26 Å². The number of hydrogen-bond donors (Lipinski definition) is 0. The fraction of sp³-hybridized carbons (Fsp3) is 0.462. The van der Waals surface area contributed by atoms with E-state index in [9.17, 15) is 4.79 Å². The Hall–Kier alpha value is -1.80. The van der Waals surface area contributed by atoms with Crippen LogP contribution in [0.15, 0.2) is 12.1 Å². The van der Waals surface area contributed by atoms with Crippen LogP contribution < -0.4 is 4.74 Å².